The summed E-state index contributed by atoms with van der Waals surface area (Å²) < 4.78 is 0. The molecule has 0 heterocycles. The van der Waals surface area contributed by atoms with E-state index in [2.05, 4.69) is 6.92 Å². The van der Waals surface area contributed by atoms with Gasteiger partial charge in [-0.15, -0.1) is 0 Å². The van der Waals surface area contributed by atoms with E-state index in [0.29, 0.717) is 0 Å². The SMILES string of the molecule is CCCC[C]1CCC(O)CC1. The van der Waals surface area contributed by atoms with Gasteiger partial charge in [0.1, 0.15) is 0 Å². The van der Waals surface area contributed by atoms with Gasteiger partial charge in [0, 0.05) is 0 Å². The molecule has 1 radical (unpaired) electrons. The van der Waals surface area contributed by atoms with Crippen LogP contribution in [0.3, 0.4) is 0 Å². The van der Waals surface area contributed by atoms with Crippen molar-refractivity contribution in [3.63, 3.8) is 0 Å². The average Bonchev–Trinajstić information content (AvgIpc) is 2.04. The smallest absolute Gasteiger partial charge is 0.0540 e. The molecule has 1 saturated carbocycles. The maximum atomic E-state index is 9.24. The Morgan fingerprint density at radius 3 is 2.55 bits per heavy atom. The molecule has 1 fully saturated rings. The Balaban J connectivity index is 2.07. The van der Waals surface area contributed by atoms with Crippen molar-refractivity contribution in [2.45, 2.75) is 58.0 Å². The van der Waals surface area contributed by atoms with Crippen molar-refractivity contribution in [1.29, 1.82) is 0 Å². The van der Waals surface area contributed by atoms with Crippen LogP contribution in [-0.2, 0) is 0 Å². The molecule has 0 aliphatic heterocycles. The van der Waals surface area contributed by atoms with E-state index in [1.54, 1.807) is 5.92 Å². The first-order chi connectivity index (χ1) is 5.33. The lowest BCUT2D eigenvalue weighted by Gasteiger charge is -2.24. The van der Waals surface area contributed by atoms with E-state index >= 15 is 0 Å². The quantitative estimate of drug-likeness (QED) is 0.664. The maximum absolute atomic E-state index is 9.24. The summed E-state index contributed by atoms with van der Waals surface area (Å²) in [7, 11) is 0. The van der Waals surface area contributed by atoms with Crippen molar-refractivity contribution in [1.82, 2.24) is 0 Å². The minimum Gasteiger partial charge on any atom is -0.393 e. The molecule has 1 aliphatic carbocycles. The molecule has 0 spiro atoms. The summed E-state index contributed by atoms with van der Waals surface area (Å²) in [5.74, 6) is 1.69. The van der Waals surface area contributed by atoms with E-state index in [9.17, 15) is 5.11 Å². The number of unbranched alkanes of at least 4 members (excludes halogenated alkanes) is 1. The molecule has 1 nitrogen and oxygen atoms in total. The third-order valence-electron chi connectivity index (χ3n) is 2.55. The minimum absolute atomic E-state index is 0.000349. The van der Waals surface area contributed by atoms with E-state index in [-0.39, 0.29) is 6.10 Å². The van der Waals surface area contributed by atoms with E-state index in [1.807, 2.05) is 0 Å². The van der Waals surface area contributed by atoms with Crippen LogP contribution in [-0.4, -0.2) is 11.2 Å². The van der Waals surface area contributed by atoms with Gasteiger partial charge in [0.2, 0.25) is 0 Å². The Kier molecular flexibility index (Phi) is 3.92. The molecule has 65 valence electrons. The zero-order valence-electron chi connectivity index (χ0n) is 7.47. The summed E-state index contributed by atoms with van der Waals surface area (Å²) in [5, 5.41) is 9.24. The van der Waals surface area contributed by atoms with Gasteiger partial charge in [-0.2, -0.15) is 0 Å². The number of rotatable bonds is 3. The second-order valence-corrected chi connectivity index (χ2v) is 3.58. The topological polar surface area (TPSA) is 20.2 Å². The lowest BCUT2D eigenvalue weighted by atomic mass is 9.84. The lowest BCUT2D eigenvalue weighted by molar-refractivity contribution is 0.134. The Hall–Kier alpha value is -0.0400. The third-order valence-corrected chi connectivity index (χ3v) is 2.55. The van der Waals surface area contributed by atoms with Gasteiger partial charge in [0.25, 0.3) is 0 Å². The van der Waals surface area contributed by atoms with Gasteiger partial charge < -0.3 is 5.11 Å². The van der Waals surface area contributed by atoms with Gasteiger partial charge in [0.05, 0.1) is 6.10 Å². The fourth-order valence-corrected chi connectivity index (χ4v) is 1.69. The first kappa shape index (κ1) is 9.05. The molecule has 0 aromatic rings. The van der Waals surface area contributed by atoms with Crippen LogP contribution in [0.25, 0.3) is 0 Å². The third kappa shape index (κ3) is 3.24. The molecule has 0 unspecified atom stereocenters. The molecule has 11 heavy (non-hydrogen) atoms. The summed E-state index contributed by atoms with van der Waals surface area (Å²) in [6, 6.07) is 0. The van der Waals surface area contributed by atoms with Gasteiger partial charge in [-0.05, 0) is 38.0 Å². The van der Waals surface area contributed by atoms with Crippen molar-refractivity contribution >= 4 is 0 Å². The van der Waals surface area contributed by atoms with Crippen LogP contribution in [0.1, 0.15) is 51.9 Å². The highest BCUT2D eigenvalue weighted by Crippen LogP contribution is 2.29. The van der Waals surface area contributed by atoms with Crippen LogP contribution in [0.15, 0.2) is 0 Å². The Labute approximate surface area is 69.8 Å². The number of aliphatic hydroxyl groups excluding tert-OH is 1. The monoisotopic (exact) mass is 155 g/mol. The highest BCUT2D eigenvalue weighted by molar-refractivity contribution is 4.94. The van der Waals surface area contributed by atoms with Gasteiger partial charge >= 0.3 is 0 Å². The second-order valence-electron chi connectivity index (χ2n) is 3.58. The molecule has 0 amide bonds. The van der Waals surface area contributed by atoms with Crippen LogP contribution < -0.4 is 0 Å². The fourth-order valence-electron chi connectivity index (χ4n) is 1.69. The predicted molar refractivity (Wildman–Crippen MR) is 47.2 cm³/mol. The molecule has 1 rings (SSSR count). The number of aliphatic hydroxyl groups is 1. The molecule has 1 heteroatoms. The van der Waals surface area contributed by atoms with Gasteiger partial charge in [-0.3, -0.25) is 0 Å². The van der Waals surface area contributed by atoms with E-state index in [1.165, 1.54) is 32.1 Å². The zero-order valence-corrected chi connectivity index (χ0v) is 7.47. The fraction of sp³-hybridized carbons (Fsp3) is 0.900. The van der Waals surface area contributed by atoms with Gasteiger partial charge in [0.15, 0.2) is 0 Å². The van der Waals surface area contributed by atoms with Gasteiger partial charge in [-0.1, -0.05) is 19.8 Å². The minimum atomic E-state index is 0.000349. The molecule has 0 aromatic heterocycles. The Morgan fingerprint density at radius 1 is 1.36 bits per heavy atom. The number of hydrogen-bond acceptors (Lipinski definition) is 1. The summed E-state index contributed by atoms with van der Waals surface area (Å²) in [6.45, 7) is 2.23. The van der Waals surface area contributed by atoms with Crippen LogP contribution in [0.4, 0.5) is 0 Å². The highest BCUT2D eigenvalue weighted by Gasteiger charge is 2.18. The molecule has 0 atom stereocenters. The normalized spacial score (nSPS) is 22.4. The summed E-state index contributed by atoms with van der Waals surface area (Å²) >= 11 is 0. The maximum Gasteiger partial charge on any atom is 0.0540 e. The second kappa shape index (κ2) is 4.76. The molecule has 0 saturated heterocycles. The molecule has 1 N–H and O–H groups in total. The predicted octanol–water partition coefficient (Wildman–Crippen LogP) is 2.69. The number of hydrogen-bond donors (Lipinski definition) is 1. The summed E-state index contributed by atoms with van der Waals surface area (Å²) in [6.07, 6.45) is 8.33. The summed E-state index contributed by atoms with van der Waals surface area (Å²) in [4.78, 5) is 0. The molecular weight excluding hydrogens is 136 g/mol. The molecule has 0 bridgehead atoms. The standard InChI is InChI=1S/C10H19O/c1-2-3-4-9-5-7-10(11)8-6-9/h10-11H,2-8H2,1H3. The Morgan fingerprint density at radius 2 is 2.00 bits per heavy atom. The zero-order chi connectivity index (χ0) is 8.10. The van der Waals surface area contributed by atoms with Crippen LogP contribution in [0, 0.1) is 5.92 Å². The average molecular weight is 155 g/mol. The largest absolute Gasteiger partial charge is 0.393 e. The highest BCUT2D eigenvalue weighted by atomic mass is 16.3. The first-order valence-corrected chi connectivity index (χ1v) is 4.84. The van der Waals surface area contributed by atoms with Gasteiger partial charge in [-0.25, -0.2) is 0 Å². The lowest BCUT2D eigenvalue weighted by Crippen LogP contribution is -2.16. The van der Waals surface area contributed by atoms with Crippen molar-refractivity contribution in [2.24, 2.45) is 0 Å². The van der Waals surface area contributed by atoms with Crippen LogP contribution >= 0.6 is 0 Å². The Bertz CT molecular complexity index is 90.3. The van der Waals surface area contributed by atoms with E-state index in [4.69, 9.17) is 0 Å². The van der Waals surface area contributed by atoms with Crippen LogP contribution in [0.2, 0.25) is 0 Å². The van der Waals surface area contributed by atoms with Crippen molar-refractivity contribution in [3.05, 3.63) is 5.92 Å². The van der Waals surface area contributed by atoms with Crippen molar-refractivity contribution in [2.75, 3.05) is 0 Å². The first-order valence-electron chi connectivity index (χ1n) is 4.84. The summed E-state index contributed by atoms with van der Waals surface area (Å²) in [5.41, 5.74) is 0. The molecule has 1 aliphatic rings. The van der Waals surface area contributed by atoms with Crippen molar-refractivity contribution < 1.29 is 5.11 Å². The van der Waals surface area contributed by atoms with Crippen LogP contribution in [0.5, 0.6) is 0 Å². The van der Waals surface area contributed by atoms with E-state index in [0.717, 1.165) is 12.8 Å². The van der Waals surface area contributed by atoms with Crippen molar-refractivity contribution in [3.8, 4) is 0 Å². The molecule has 0 aromatic carbocycles. The van der Waals surface area contributed by atoms with E-state index < -0.39 is 0 Å². The molecular formula is C10H19O.